The third-order valence-corrected chi connectivity index (χ3v) is 5.86. The van der Waals surface area contributed by atoms with Crippen LogP contribution in [0.1, 0.15) is 19.3 Å². The summed E-state index contributed by atoms with van der Waals surface area (Å²) in [4.78, 5) is 3.88. The van der Waals surface area contributed by atoms with Crippen molar-refractivity contribution in [2.75, 3.05) is 12.0 Å². The van der Waals surface area contributed by atoms with Crippen LogP contribution >= 0.6 is 11.8 Å². The van der Waals surface area contributed by atoms with Crippen LogP contribution < -0.4 is 10.5 Å². The Morgan fingerprint density at radius 1 is 1.50 bits per heavy atom. The van der Waals surface area contributed by atoms with Gasteiger partial charge in [-0.1, -0.05) is 6.42 Å². The maximum atomic E-state index is 12.2. The number of hydrogen-bond donors (Lipinski definition) is 2. The first-order valence-corrected chi connectivity index (χ1v) is 8.57. The van der Waals surface area contributed by atoms with Gasteiger partial charge in [-0.15, -0.1) is 0 Å². The van der Waals surface area contributed by atoms with Crippen LogP contribution in [0.15, 0.2) is 23.2 Å². The Bertz CT molecular complexity index is 519. The van der Waals surface area contributed by atoms with E-state index in [-0.39, 0.29) is 16.8 Å². The molecule has 1 heterocycles. The minimum Gasteiger partial charge on any atom is -0.383 e. The van der Waals surface area contributed by atoms with Gasteiger partial charge in [-0.25, -0.2) is 18.1 Å². The van der Waals surface area contributed by atoms with Crippen molar-refractivity contribution in [3.8, 4) is 0 Å². The van der Waals surface area contributed by atoms with Gasteiger partial charge in [0, 0.05) is 17.5 Å². The highest BCUT2D eigenvalue weighted by atomic mass is 32.2. The second kappa shape index (κ2) is 5.46. The standard InChI is InChI=1S/C11H17N3O2S2/c1-17-9-5-2-4-8(9)14-18(15,16)10-6-3-7-13-11(10)12/h3,6-9,14H,2,4-5H2,1H3,(H2,12,13). The quantitative estimate of drug-likeness (QED) is 0.870. The van der Waals surface area contributed by atoms with Gasteiger partial charge < -0.3 is 5.73 Å². The summed E-state index contributed by atoms with van der Waals surface area (Å²) in [6, 6.07) is 3.05. The SMILES string of the molecule is CSC1CCCC1NS(=O)(=O)c1cccnc1N. The molecular weight excluding hydrogens is 270 g/mol. The van der Waals surface area contributed by atoms with Crippen LogP contribution in [0, 0.1) is 0 Å². The lowest BCUT2D eigenvalue weighted by atomic mass is 10.3. The second-order valence-corrected chi connectivity index (χ2v) is 7.08. The van der Waals surface area contributed by atoms with E-state index >= 15 is 0 Å². The molecule has 3 N–H and O–H groups in total. The fraction of sp³-hybridized carbons (Fsp3) is 0.545. The van der Waals surface area contributed by atoms with Gasteiger partial charge in [0.15, 0.2) is 0 Å². The smallest absolute Gasteiger partial charge is 0.244 e. The summed E-state index contributed by atoms with van der Waals surface area (Å²) in [5.74, 6) is 0.0451. The lowest BCUT2D eigenvalue weighted by molar-refractivity contribution is 0.555. The topological polar surface area (TPSA) is 85.1 Å². The maximum Gasteiger partial charge on any atom is 0.244 e. The molecule has 0 aliphatic heterocycles. The minimum absolute atomic E-state index is 0.00962. The largest absolute Gasteiger partial charge is 0.383 e. The molecule has 0 saturated heterocycles. The summed E-state index contributed by atoms with van der Waals surface area (Å²) in [6.45, 7) is 0. The van der Waals surface area contributed by atoms with Crippen LogP contribution in [0.25, 0.3) is 0 Å². The zero-order valence-electron chi connectivity index (χ0n) is 10.2. The molecule has 0 radical (unpaired) electrons. The normalized spacial score (nSPS) is 24.3. The van der Waals surface area contributed by atoms with Crippen LogP contribution in [-0.4, -0.2) is 30.9 Å². The predicted molar refractivity (Wildman–Crippen MR) is 73.9 cm³/mol. The molecular formula is C11H17N3O2S2. The van der Waals surface area contributed by atoms with Gasteiger partial charge in [0.05, 0.1) is 0 Å². The van der Waals surface area contributed by atoms with Crippen LogP contribution in [-0.2, 0) is 10.0 Å². The number of hydrogen-bond acceptors (Lipinski definition) is 5. The van der Waals surface area contributed by atoms with Crippen molar-refractivity contribution in [1.29, 1.82) is 0 Å². The van der Waals surface area contributed by atoms with E-state index in [1.165, 1.54) is 12.3 Å². The Hall–Kier alpha value is -0.790. The van der Waals surface area contributed by atoms with Crippen molar-refractivity contribution in [3.63, 3.8) is 0 Å². The molecule has 1 saturated carbocycles. The Balaban J connectivity index is 2.20. The molecule has 7 heteroatoms. The minimum atomic E-state index is -3.57. The number of nitrogen functional groups attached to an aromatic ring is 1. The molecule has 0 bridgehead atoms. The molecule has 2 rings (SSSR count). The molecule has 5 nitrogen and oxygen atoms in total. The molecule has 1 aliphatic rings. The monoisotopic (exact) mass is 287 g/mol. The van der Waals surface area contributed by atoms with E-state index < -0.39 is 10.0 Å². The summed E-state index contributed by atoms with van der Waals surface area (Å²) >= 11 is 1.71. The molecule has 2 unspecified atom stereocenters. The molecule has 1 aromatic heterocycles. The summed E-state index contributed by atoms with van der Waals surface area (Å²) in [6.07, 6.45) is 6.48. The second-order valence-electron chi connectivity index (χ2n) is 4.32. The molecule has 1 aliphatic carbocycles. The number of nitrogens with zero attached hydrogens (tertiary/aromatic N) is 1. The predicted octanol–water partition coefficient (Wildman–Crippen LogP) is 1.23. The van der Waals surface area contributed by atoms with Crippen LogP contribution in [0.3, 0.4) is 0 Å². The first kappa shape index (κ1) is 13.6. The van der Waals surface area contributed by atoms with E-state index in [0.717, 1.165) is 19.3 Å². The summed E-state index contributed by atoms with van der Waals surface area (Å²) in [7, 11) is -3.57. The Labute approximate surface area is 112 Å². The first-order valence-electron chi connectivity index (χ1n) is 5.80. The number of rotatable bonds is 4. The number of nitrogens with two attached hydrogens (primary N) is 1. The summed E-state index contributed by atoms with van der Waals surface area (Å²) in [5, 5.41) is 0.345. The molecule has 0 amide bonds. The number of thioether (sulfide) groups is 1. The Kier molecular flexibility index (Phi) is 4.14. The van der Waals surface area contributed by atoms with E-state index in [1.807, 2.05) is 6.26 Å². The lowest BCUT2D eigenvalue weighted by Crippen LogP contribution is -2.38. The third-order valence-electron chi connectivity index (χ3n) is 3.15. The average Bonchev–Trinajstić information content (AvgIpc) is 2.76. The van der Waals surface area contributed by atoms with Crippen LogP contribution in [0.5, 0.6) is 0 Å². The first-order chi connectivity index (χ1) is 8.54. The Morgan fingerprint density at radius 2 is 2.28 bits per heavy atom. The van der Waals surface area contributed by atoms with Crippen molar-refractivity contribution in [1.82, 2.24) is 9.71 Å². The summed E-state index contributed by atoms with van der Waals surface area (Å²) in [5.41, 5.74) is 5.61. The van der Waals surface area contributed by atoms with Crippen molar-refractivity contribution in [3.05, 3.63) is 18.3 Å². The highest BCUT2D eigenvalue weighted by molar-refractivity contribution is 7.99. The zero-order valence-corrected chi connectivity index (χ0v) is 11.8. The van der Waals surface area contributed by atoms with Gasteiger partial charge in [-0.05, 0) is 31.2 Å². The van der Waals surface area contributed by atoms with E-state index in [9.17, 15) is 8.42 Å². The van der Waals surface area contributed by atoms with Gasteiger partial charge in [0.25, 0.3) is 0 Å². The fourth-order valence-corrected chi connectivity index (χ4v) is 4.65. The van der Waals surface area contributed by atoms with E-state index in [0.29, 0.717) is 5.25 Å². The number of nitrogens with one attached hydrogen (secondary N) is 1. The maximum absolute atomic E-state index is 12.2. The number of aromatic nitrogens is 1. The summed E-state index contributed by atoms with van der Waals surface area (Å²) < 4.78 is 27.2. The Morgan fingerprint density at radius 3 is 2.94 bits per heavy atom. The number of anilines is 1. The van der Waals surface area contributed by atoms with Gasteiger partial charge in [0.1, 0.15) is 10.7 Å². The van der Waals surface area contributed by atoms with Gasteiger partial charge in [-0.2, -0.15) is 11.8 Å². The van der Waals surface area contributed by atoms with E-state index in [4.69, 9.17) is 5.73 Å². The average molecular weight is 287 g/mol. The molecule has 18 heavy (non-hydrogen) atoms. The van der Waals surface area contributed by atoms with Crippen molar-refractivity contribution < 1.29 is 8.42 Å². The number of pyridine rings is 1. The van der Waals surface area contributed by atoms with Crippen molar-refractivity contribution >= 4 is 27.6 Å². The van der Waals surface area contributed by atoms with Crippen LogP contribution in [0.4, 0.5) is 5.82 Å². The molecule has 100 valence electrons. The fourth-order valence-electron chi connectivity index (χ4n) is 2.24. The van der Waals surface area contributed by atoms with E-state index in [1.54, 1.807) is 17.8 Å². The molecule has 2 atom stereocenters. The van der Waals surface area contributed by atoms with Gasteiger partial charge in [0.2, 0.25) is 10.0 Å². The third kappa shape index (κ3) is 2.78. The van der Waals surface area contributed by atoms with Gasteiger partial charge in [-0.3, -0.25) is 0 Å². The molecule has 0 aromatic carbocycles. The highest BCUT2D eigenvalue weighted by Gasteiger charge is 2.31. The highest BCUT2D eigenvalue weighted by Crippen LogP contribution is 2.29. The van der Waals surface area contributed by atoms with Crippen molar-refractivity contribution in [2.45, 2.75) is 35.4 Å². The van der Waals surface area contributed by atoms with Crippen LogP contribution in [0.2, 0.25) is 0 Å². The van der Waals surface area contributed by atoms with Gasteiger partial charge >= 0.3 is 0 Å². The number of sulfonamides is 1. The van der Waals surface area contributed by atoms with Crippen molar-refractivity contribution in [2.24, 2.45) is 0 Å². The molecule has 0 spiro atoms. The lowest BCUT2D eigenvalue weighted by Gasteiger charge is -2.19. The molecule has 1 aromatic rings. The zero-order chi connectivity index (χ0) is 13.2. The molecule has 1 fully saturated rings. The van der Waals surface area contributed by atoms with E-state index in [2.05, 4.69) is 9.71 Å².